The molecule has 0 aromatic carbocycles. The van der Waals surface area contributed by atoms with E-state index in [4.69, 9.17) is 4.74 Å². The average Bonchev–Trinajstić information content (AvgIpc) is 2.25. The van der Waals surface area contributed by atoms with Crippen LogP contribution in [0.3, 0.4) is 0 Å². The Labute approximate surface area is 89.8 Å². The van der Waals surface area contributed by atoms with Crippen LogP contribution in [0.25, 0.3) is 5.57 Å². The normalized spacial score (nSPS) is 10.9. The minimum atomic E-state index is 0.563. The largest absolute Gasteiger partial charge is 0.497 e. The lowest BCUT2D eigenvalue weighted by atomic mass is 10.1. The van der Waals surface area contributed by atoms with Gasteiger partial charge in [0.1, 0.15) is 12.1 Å². The Balaban J connectivity index is 3.16. The van der Waals surface area contributed by atoms with E-state index in [2.05, 4.69) is 23.1 Å². The molecule has 0 saturated heterocycles. The van der Waals surface area contributed by atoms with Crippen molar-refractivity contribution in [3.63, 3.8) is 0 Å². The van der Waals surface area contributed by atoms with Crippen LogP contribution in [-0.4, -0.2) is 17.1 Å². The molecule has 0 spiro atoms. The van der Waals surface area contributed by atoms with Crippen molar-refractivity contribution in [1.29, 1.82) is 0 Å². The van der Waals surface area contributed by atoms with Crippen molar-refractivity contribution in [3.05, 3.63) is 54.9 Å². The van der Waals surface area contributed by atoms with Gasteiger partial charge in [-0.3, -0.25) is 0 Å². The van der Waals surface area contributed by atoms with Crippen LogP contribution in [0.5, 0.6) is 0 Å². The molecule has 0 saturated carbocycles. The summed E-state index contributed by atoms with van der Waals surface area (Å²) in [6, 6.07) is 1.87. The van der Waals surface area contributed by atoms with Crippen LogP contribution in [0.4, 0.5) is 0 Å². The standard InChI is InChI=1S/C12H14N2O/c1-5-6-11(10(3)15-4)12-7-9(2)13-8-14-12/h5-8H,1,3H2,2,4H3/b11-6+. The summed E-state index contributed by atoms with van der Waals surface area (Å²) in [6.07, 6.45) is 5.01. The van der Waals surface area contributed by atoms with Crippen LogP contribution >= 0.6 is 0 Å². The van der Waals surface area contributed by atoms with Gasteiger partial charge in [0.2, 0.25) is 0 Å². The predicted molar refractivity (Wildman–Crippen MR) is 61.1 cm³/mol. The van der Waals surface area contributed by atoms with E-state index < -0.39 is 0 Å². The summed E-state index contributed by atoms with van der Waals surface area (Å²) in [4.78, 5) is 8.19. The van der Waals surface area contributed by atoms with Gasteiger partial charge in [0.15, 0.2) is 0 Å². The lowest BCUT2D eigenvalue weighted by Crippen LogP contribution is -1.96. The molecule has 0 N–H and O–H groups in total. The zero-order valence-corrected chi connectivity index (χ0v) is 9.03. The molecule has 0 bridgehead atoms. The molecule has 3 nitrogen and oxygen atoms in total. The minimum Gasteiger partial charge on any atom is -0.497 e. The predicted octanol–water partition coefficient (Wildman–Crippen LogP) is 2.51. The molecule has 0 aliphatic heterocycles. The van der Waals surface area contributed by atoms with Gasteiger partial charge >= 0.3 is 0 Å². The van der Waals surface area contributed by atoms with Crippen LogP contribution < -0.4 is 0 Å². The molecule has 0 aliphatic carbocycles. The lowest BCUT2D eigenvalue weighted by molar-refractivity contribution is 0.312. The van der Waals surface area contributed by atoms with Gasteiger partial charge in [-0.15, -0.1) is 0 Å². The van der Waals surface area contributed by atoms with Crippen molar-refractivity contribution in [1.82, 2.24) is 9.97 Å². The highest BCUT2D eigenvalue weighted by Crippen LogP contribution is 2.20. The van der Waals surface area contributed by atoms with Crippen molar-refractivity contribution in [2.75, 3.05) is 7.11 Å². The van der Waals surface area contributed by atoms with E-state index in [9.17, 15) is 0 Å². The monoisotopic (exact) mass is 202 g/mol. The SMILES string of the molecule is C=C/C=C(\C(=C)OC)c1cc(C)ncn1. The van der Waals surface area contributed by atoms with Gasteiger partial charge in [0, 0.05) is 11.3 Å². The van der Waals surface area contributed by atoms with E-state index in [0.717, 1.165) is 17.0 Å². The molecular weight excluding hydrogens is 188 g/mol. The summed E-state index contributed by atoms with van der Waals surface area (Å²) >= 11 is 0. The van der Waals surface area contributed by atoms with Crippen LogP contribution in [-0.2, 0) is 4.74 Å². The topological polar surface area (TPSA) is 35.0 Å². The van der Waals surface area contributed by atoms with Gasteiger partial charge in [-0.2, -0.15) is 0 Å². The van der Waals surface area contributed by atoms with Crippen molar-refractivity contribution < 1.29 is 4.74 Å². The zero-order chi connectivity index (χ0) is 11.3. The number of aromatic nitrogens is 2. The number of aryl methyl sites for hydroxylation is 1. The van der Waals surface area contributed by atoms with Gasteiger partial charge in [0.25, 0.3) is 0 Å². The first-order chi connectivity index (χ1) is 7.19. The fourth-order valence-corrected chi connectivity index (χ4v) is 1.15. The van der Waals surface area contributed by atoms with Crippen LogP contribution in [0.2, 0.25) is 0 Å². The molecule has 0 aliphatic rings. The molecular formula is C12H14N2O. The minimum absolute atomic E-state index is 0.563. The summed E-state index contributed by atoms with van der Waals surface area (Å²) < 4.78 is 5.09. The Morgan fingerprint density at radius 1 is 1.47 bits per heavy atom. The van der Waals surface area contributed by atoms with Gasteiger partial charge in [-0.1, -0.05) is 19.2 Å². The molecule has 0 amide bonds. The molecule has 1 aromatic rings. The van der Waals surface area contributed by atoms with Crippen LogP contribution in [0, 0.1) is 6.92 Å². The van der Waals surface area contributed by atoms with Crippen molar-refractivity contribution in [2.45, 2.75) is 6.92 Å². The third-order valence-corrected chi connectivity index (χ3v) is 1.91. The number of allylic oxidation sites excluding steroid dienone is 3. The molecule has 78 valence electrons. The van der Waals surface area contributed by atoms with Gasteiger partial charge < -0.3 is 4.74 Å². The molecule has 0 fully saturated rings. The molecule has 0 atom stereocenters. The first kappa shape index (κ1) is 11.2. The summed E-state index contributed by atoms with van der Waals surface area (Å²) in [5, 5.41) is 0. The molecule has 1 aromatic heterocycles. The van der Waals surface area contributed by atoms with E-state index in [1.807, 2.05) is 19.1 Å². The number of hydrogen-bond acceptors (Lipinski definition) is 3. The number of ether oxygens (including phenoxy) is 1. The second-order valence-corrected chi connectivity index (χ2v) is 2.99. The van der Waals surface area contributed by atoms with Crippen LogP contribution in [0.1, 0.15) is 11.4 Å². The average molecular weight is 202 g/mol. The smallest absolute Gasteiger partial charge is 0.121 e. The quantitative estimate of drug-likeness (QED) is 0.556. The second-order valence-electron chi connectivity index (χ2n) is 2.99. The fourth-order valence-electron chi connectivity index (χ4n) is 1.15. The zero-order valence-electron chi connectivity index (χ0n) is 9.03. The Kier molecular flexibility index (Phi) is 3.80. The highest BCUT2D eigenvalue weighted by Gasteiger charge is 2.07. The van der Waals surface area contributed by atoms with Crippen molar-refractivity contribution in [3.8, 4) is 0 Å². The maximum Gasteiger partial charge on any atom is 0.121 e. The highest BCUT2D eigenvalue weighted by atomic mass is 16.5. The summed E-state index contributed by atoms with van der Waals surface area (Å²) in [7, 11) is 1.58. The third kappa shape index (κ3) is 2.77. The van der Waals surface area contributed by atoms with E-state index in [-0.39, 0.29) is 0 Å². The van der Waals surface area contributed by atoms with E-state index in [0.29, 0.717) is 5.76 Å². The summed E-state index contributed by atoms with van der Waals surface area (Å²) in [5.74, 6) is 0.563. The van der Waals surface area contributed by atoms with E-state index >= 15 is 0 Å². The van der Waals surface area contributed by atoms with Gasteiger partial charge in [-0.25, -0.2) is 9.97 Å². The van der Waals surface area contributed by atoms with Crippen molar-refractivity contribution >= 4 is 5.57 Å². The first-order valence-electron chi connectivity index (χ1n) is 4.54. The first-order valence-corrected chi connectivity index (χ1v) is 4.54. The lowest BCUT2D eigenvalue weighted by Gasteiger charge is -2.08. The third-order valence-electron chi connectivity index (χ3n) is 1.91. The van der Waals surface area contributed by atoms with Gasteiger partial charge in [-0.05, 0) is 19.1 Å². The van der Waals surface area contributed by atoms with E-state index in [1.54, 1.807) is 13.2 Å². The highest BCUT2D eigenvalue weighted by molar-refractivity contribution is 5.75. The summed E-state index contributed by atoms with van der Waals surface area (Å²) in [6.45, 7) is 9.36. The molecule has 0 radical (unpaired) electrons. The Bertz CT molecular complexity index is 408. The number of rotatable bonds is 4. The second kappa shape index (κ2) is 5.10. The number of methoxy groups -OCH3 is 1. The van der Waals surface area contributed by atoms with E-state index in [1.165, 1.54) is 6.33 Å². The number of nitrogens with zero attached hydrogens (tertiary/aromatic N) is 2. The Morgan fingerprint density at radius 3 is 2.73 bits per heavy atom. The maximum absolute atomic E-state index is 5.09. The summed E-state index contributed by atoms with van der Waals surface area (Å²) in [5.41, 5.74) is 2.51. The number of hydrogen-bond donors (Lipinski definition) is 0. The van der Waals surface area contributed by atoms with Crippen LogP contribution in [0.15, 0.2) is 43.5 Å². The molecule has 1 heterocycles. The van der Waals surface area contributed by atoms with Crippen molar-refractivity contribution in [2.24, 2.45) is 0 Å². The molecule has 3 heteroatoms. The Hall–Kier alpha value is -1.90. The molecule has 1 rings (SSSR count). The Morgan fingerprint density at radius 2 is 2.20 bits per heavy atom. The fraction of sp³-hybridized carbons (Fsp3) is 0.167. The maximum atomic E-state index is 5.09. The van der Waals surface area contributed by atoms with Gasteiger partial charge in [0.05, 0.1) is 12.8 Å². The molecule has 0 unspecified atom stereocenters. The molecule has 15 heavy (non-hydrogen) atoms.